The predicted octanol–water partition coefficient (Wildman–Crippen LogP) is 5.17. The quantitative estimate of drug-likeness (QED) is 0.507. The van der Waals surface area contributed by atoms with E-state index in [-0.39, 0.29) is 11.8 Å². The van der Waals surface area contributed by atoms with Gasteiger partial charge >= 0.3 is 0 Å². The maximum atomic E-state index is 12.9. The number of thiazole rings is 1. The smallest absolute Gasteiger partial charge is 0.256 e. The van der Waals surface area contributed by atoms with Gasteiger partial charge in [0.05, 0.1) is 10.2 Å². The number of nitrogens with zero attached hydrogens (tertiary/aromatic N) is 1. The Morgan fingerprint density at radius 3 is 2.36 bits per heavy atom. The number of amides is 2. The van der Waals surface area contributed by atoms with Crippen molar-refractivity contribution in [1.82, 2.24) is 4.98 Å². The molecular weight excluding hydrogens is 370 g/mol. The lowest BCUT2D eigenvalue weighted by Gasteiger charge is -2.10. The maximum Gasteiger partial charge on any atom is 0.256 e. The zero-order chi connectivity index (χ0) is 19.5. The summed E-state index contributed by atoms with van der Waals surface area (Å²) in [5.41, 5.74) is 3.49. The molecule has 3 aromatic carbocycles. The van der Waals surface area contributed by atoms with Crippen LogP contribution in [0.3, 0.4) is 0 Å². The van der Waals surface area contributed by atoms with Gasteiger partial charge in [-0.2, -0.15) is 0 Å². The first kappa shape index (κ1) is 17.9. The second-order valence-electron chi connectivity index (χ2n) is 6.25. The number of carbonyl (C=O) groups is 2. The SMILES string of the molecule is CC(=O)Nc1cccc(NC(=O)c2ccccc2-c2nc3ccccc3s2)c1. The Hall–Kier alpha value is -3.51. The molecule has 1 heterocycles. The first-order valence-electron chi connectivity index (χ1n) is 8.74. The lowest BCUT2D eigenvalue weighted by atomic mass is 10.1. The minimum absolute atomic E-state index is 0.162. The summed E-state index contributed by atoms with van der Waals surface area (Å²) in [5, 5.41) is 6.42. The second-order valence-corrected chi connectivity index (χ2v) is 7.28. The summed E-state index contributed by atoms with van der Waals surface area (Å²) in [4.78, 5) is 28.8. The van der Waals surface area contributed by atoms with Crippen molar-refractivity contribution < 1.29 is 9.59 Å². The minimum atomic E-state index is -0.227. The molecule has 6 heteroatoms. The summed E-state index contributed by atoms with van der Waals surface area (Å²) in [5.74, 6) is -0.389. The van der Waals surface area contributed by atoms with Crippen molar-refractivity contribution in [2.24, 2.45) is 0 Å². The van der Waals surface area contributed by atoms with E-state index in [1.54, 1.807) is 41.7 Å². The number of carbonyl (C=O) groups excluding carboxylic acids is 2. The van der Waals surface area contributed by atoms with Crippen LogP contribution in [-0.2, 0) is 4.79 Å². The number of fused-ring (bicyclic) bond motifs is 1. The zero-order valence-corrected chi connectivity index (χ0v) is 15.9. The van der Waals surface area contributed by atoms with Crippen molar-refractivity contribution in [1.29, 1.82) is 0 Å². The minimum Gasteiger partial charge on any atom is -0.326 e. The summed E-state index contributed by atoms with van der Waals surface area (Å²) < 4.78 is 1.08. The molecule has 0 aliphatic rings. The highest BCUT2D eigenvalue weighted by Gasteiger charge is 2.16. The third-order valence-electron chi connectivity index (χ3n) is 4.14. The Morgan fingerprint density at radius 2 is 1.57 bits per heavy atom. The van der Waals surface area contributed by atoms with Crippen LogP contribution in [0.2, 0.25) is 0 Å². The molecular formula is C22H17N3O2S. The summed E-state index contributed by atoms with van der Waals surface area (Å²) in [6, 6.07) is 22.4. The molecule has 2 N–H and O–H groups in total. The van der Waals surface area contributed by atoms with E-state index < -0.39 is 0 Å². The Bertz CT molecular complexity index is 1150. The first-order chi connectivity index (χ1) is 13.6. The molecule has 0 unspecified atom stereocenters. The molecule has 0 saturated carbocycles. The molecule has 0 aliphatic heterocycles. The third-order valence-corrected chi connectivity index (χ3v) is 5.21. The predicted molar refractivity (Wildman–Crippen MR) is 114 cm³/mol. The average molecular weight is 387 g/mol. The molecule has 0 spiro atoms. The van der Waals surface area contributed by atoms with Gasteiger partial charge in [0.25, 0.3) is 5.91 Å². The number of nitrogens with one attached hydrogen (secondary N) is 2. The number of rotatable bonds is 4. The number of hydrogen-bond donors (Lipinski definition) is 2. The van der Waals surface area contributed by atoms with Crippen molar-refractivity contribution in [3.05, 3.63) is 78.4 Å². The number of hydrogen-bond acceptors (Lipinski definition) is 4. The molecule has 138 valence electrons. The molecule has 0 atom stereocenters. The largest absolute Gasteiger partial charge is 0.326 e. The molecule has 0 radical (unpaired) electrons. The highest BCUT2D eigenvalue weighted by Crippen LogP contribution is 2.32. The fourth-order valence-electron chi connectivity index (χ4n) is 2.93. The van der Waals surface area contributed by atoms with Crippen molar-refractivity contribution >= 4 is 44.7 Å². The monoisotopic (exact) mass is 387 g/mol. The Labute approximate surface area is 166 Å². The number of para-hydroxylation sites is 1. The van der Waals surface area contributed by atoms with Crippen LogP contribution >= 0.6 is 11.3 Å². The summed E-state index contributed by atoms with van der Waals surface area (Å²) in [6.07, 6.45) is 0. The highest BCUT2D eigenvalue weighted by atomic mass is 32.1. The molecule has 2 amide bonds. The molecule has 4 rings (SSSR count). The van der Waals surface area contributed by atoms with Gasteiger partial charge in [0, 0.05) is 29.4 Å². The fourth-order valence-corrected chi connectivity index (χ4v) is 3.94. The molecule has 4 aromatic rings. The molecule has 0 bridgehead atoms. The zero-order valence-electron chi connectivity index (χ0n) is 15.1. The summed E-state index contributed by atoms with van der Waals surface area (Å²) >= 11 is 1.56. The maximum absolute atomic E-state index is 12.9. The van der Waals surface area contributed by atoms with E-state index >= 15 is 0 Å². The van der Waals surface area contributed by atoms with E-state index in [2.05, 4.69) is 15.6 Å². The van der Waals surface area contributed by atoms with E-state index in [1.807, 2.05) is 42.5 Å². The second kappa shape index (κ2) is 7.62. The van der Waals surface area contributed by atoms with Crippen LogP contribution in [0, 0.1) is 0 Å². The van der Waals surface area contributed by atoms with Crippen molar-refractivity contribution in [2.75, 3.05) is 10.6 Å². The Morgan fingerprint density at radius 1 is 0.857 bits per heavy atom. The molecule has 0 fully saturated rings. The van der Waals surface area contributed by atoms with Crippen molar-refractivity contribution in [3.63, 3.8) is 0 Å². The average Bonchev–Trinajstić information content (AvgIpc) is 3.12. The van der Waals surface area contributed by atoms with Crippen LogP contribution in [-0.4, -0.2) is 16.8 Å². The molecule has 1 aromatic heterocycles. The van der Waals surface area contributed by atoms with E-state index in [0.29, 0.717) is 16.9 Å². The number of anilines is 2. The van der Waals surface area contributed by atoms with E-state index in [4.69, 9.17) is 0 Å². The number of benzene rings is 3. The van der Waals surface area contributed by atoms with Gasteiger partial charge < -0.3 is 10.6 Å². The van der Waals surface area contributed by atoms with Crippen LogP contribution in [0.5, 0.6) is 0 Å². The molecule has 0 aliphatic carbocycles. The Balaban J connectivity index is 1.65. The van der Waals surface area contributed by atoms with Crippen LogP contribution in [0.25, 0.3) is 20.8 Å². The highest BCUT2D eigenvalue weighted by molar-refractivity contribution is 7.21. The van der Waals surface area contributed by atoms with Gasteiger partial charge in [-0.1, -0.05) is 36.4 Å². The van der Waals surface area contributed by atoms with Crippen LogP contribution in [0.4, 0.5) is 11.4 Å². The summed E-state index contributed by atoms with van der Waals surface area (Å²) in [7, 11) is 0. The van der Waals surface area contributed by atoms with Crippen molar-refractivity contribution in [3.8, 4) is 10.6 Å². The third kappa shape index (κ3) is 3.77. The normalized spacial score (nSPS) is 10.6. The Kier molecular flexibility index (Phi) is 4.87. The van der Waals surface area contributed by atoms with E-state index in [9.17, 15) is 9.59 Å². The molecule has 5 nitrogen and oxygen atoms in total. The van der Waals surface area contributed by atoms with Crippen LogP contribution < -0.4 is 10.6 Å². The van der Waals surface area contributed by atoms with Gasteiger partial charge in [0.2, 0.25) is 5.91 Å². The standard InChI is InChI=1S/C22H17N3O2S/c1-14(26)23-15-7-6-8-16(13-15)24-21(27)17-9-2-3-10-18(17)22-25-19-11-4-5-12-20(19)28-22/h2-13H,1H3,(H,23,26)(H,24,27). The van der Waals surface area contributed by atoms with Gasteiger partial charge in [0.15, 0.2) is 0 Å². The molecule has 0 saturated heterocycles. The van der Waals surface area contributed by atoms with Crippen molar-refractivity contribution in [2.45, 2.75) is 6.92 Å². The topological polar surface area (TPSA) is 71.1 Å². The first-order valence-corrected chi connectivity index (χ1v) is 9.56. The summed E-state index contributed by atoms with van der Waals surface area (Å²) in [6.45, 7) is 1.44. The molecule has 28 heavy (non-hydrogen) atoms. The van der Waals surface area contributed by atoms with Gasteiger partial charge in [-0.15, -0.1) is 11.3 Å². The van der Waals surface area contributed by atoms with Gasteiger partial charge in [0.1, 0.15) is 5.01 Å². The van der Waals surface area contributed by atoms with Crippen LogP contribution in [0.15, 0.2) is 72.8 Å². The number of aromatic nitrogens is 1. The van der Waals surface area contributed by atoms with Crippen LogP contribution in [0.1, 0.15) is 17.3 Å². The fraction of sp³-hybridized carbons (Fsp3) is 0.0455. The van der Waals surface area contributed by atoms with Gasteiger partial charge in [-0.05, 0) is 36.4 Å². The lowest BCUT2D eigenvalue weighted by molar-refractivity contribution is -0.114. The lowest BCUT2D eigenvalue weighted by Crippen LogP contribution is -2.13. The van der Waals surface area contributed by atoms with Gasteiger partial charge in [-0.25, -0.2) is 4.98 Å². The van der Waals surface area contributed by atoms with Gasteiger partial charge in [-0.3, -0.25) is 9.59 Å². The van der Waals surface area contributed by atoms with E-state index in [1.165, 1.54) is 6.92 Å². The van der Waals surface area contributed by atoms with E-state index in [0.717, 1.165) is 20.8 Å².